The lowest BCUT2D eigenvalue weighted by molar-refractivity contribution is -0.107. The third-order valence-electron chi connectivity index (χ3n) is 1.88. The van der Waals surface area contributed by atoms with Crippen molar-refractivity contribution in [1.29, 1.82) is 0 Å². The predicted molar refractivity (Wildman–Crippen MR) is 47.2 cm³/mol. The van der Waals surface area contributed by atoms with E-state index >= 15 is 0 Å². The van der Waals surface area contributed by atoms with Gasteiger partial charge in [-0.15, -0.1) is 0 Å². The Bertz CT molecular complexity index is 321. The maximum atomic E-state index is 12.8. The first kappa shape index (κ1) is 9.71. The van der Waals surface area contributed by atoms with Crippen LogP contribution in [0, 0.1) is 12.7 Å². The predicted octanol–water partition coefficient (Wildman–Crippen LogP) is 1.97. The highest BCUT2D eigenvalue weighted by atomic mass is 19.1. The Balaban J connectivity index is 2.98. The fourth-order valence-electron chi connectivity index (χ4n) is 1.21. The second-order valence-electron chi connectivity index (χ2n) is 2.94. The van der Waals surface area contributed by atoms with Crippen molar-refractivity contribution in [3.05, 3.63) is 29.1 Å². The van der Waals surface area contributed by atoms with Gasteiger partial charge in [0.05, 0.1) is 0 Å². The minimum Gasteiger partial charge on any atom is -0.507 e. The summed E-state index contributed by atoms with van der Waals surface area (Å²) in [6.07, 6.45) is 1.43. The number of phenols is 1. The van der Waals surface area contributed by atoms with E-state index in [1.54, 1.807) is 6.92 Å². The van der Waals surface area contributed by atoms with Gasteiger partial charge in [-0.25, -0.2) is 4.39 Å². The van der Waals surface area contributed by atoms with E-state index in [1.807, 2.05) is 0 Å². The van der Waals surface area contributed by atoms with Gasteiger partial charge in [-0.3, -0.25) is 0 Å². The molecule has 0 atom stereocenters. The van der Waals surface area contributed by atoms with Crippen molar-refractivity contribution in [3.63, 3.8) is 0 Å². The van der Waals surface area contributed by atoms with Gasteiger partial charge in [0.1, 0.15) is 17.9 Å². The van der Waals surface area contributed by atoms with Gasteiger partial charge in [0.2, 0.25) is 0 Å². The SMILES string of the molecule is Cc1cc(F)cc(CCC=O)c1O. The molecule has 1 rings (SSSR count). The molecule has 2 nitrogen and oxygen atoms in total. The molecular formula is C10H11FO2. The molecule has 0 unspecified atom stereocenters. The van der Waals surface area contributed by atoms with Crippen LogP contribution in [0.25, 0.3) is 0 Å². The van der Waals surface area contributed by atoms with E-state index in [9.17, 15) is 14.3 Å². The summed E-state index contributed by atoms with van der Waals surface area (Å²) in [6, 6.07) is 2.52. The van der Waals surface area contributed by atoms with Crippen LogP contribution in [0.1, 0.15) is 17.5 Å². The van der Waals surface area contributed by atoms with E-state index in [4.69, 9.17) is 0 Å². The molecule has 0 aliphatic carbocycles. The molecule has 1 N–H and O–H groups in total. The normalized spacial score (nSPS) is 10.0. The number of aryl methyl sites for hydroxylation is 2. The number of hydrogen-bond donors (Lipinski definition) is 1. The maximum Gasteiger partial charge on any atom is 0.124 e. The lowest BCUT2D eigenvalue weighted by atomic mass is 10.1. The first-order valence-corrected chi connectivity index (χ1v) is 4.06. The van der Waals surface area contributed by atoms with Crippen LogP contribution in [0.4, 0.5) is 4.39 Å². The Morgan fingerprint density at radius 2 is 2.23 bits per heavy atom. The molecular weight excluding hydrogens is 171 g/mol. The number of carbonyl (C=O) groups is 1. The Kier molecular flexibility index (Phi) is 3.01. The third-order valence-corrected chi connectivity index (χ3v) is 1.88. The van der Waals surface area contributed by atoms with Gasteiger partial charge >= 0.3 is 0 Å². The van der Waals surface area contributed by atoms with Gasteiger partial charge in [0.25, 0.3) is 0 Å². The monoisotopic (exact) mass is 182 g/mol. The average molecular weight is 182 g/mol. The number of halogens is 1. The number of aromatic hydroxyl groups is 1. The molecule has 70 valence electrons. The van der Waals surface area contributed by atoms with Gasteiger partial charge in [-0.05, 0) is 36.6 Å². The average Bonchev–Trinajstić information content (AvgIpc) is 2.09. The summed E-state index contributed by atoms with van der Waals surface area (Å²) in [6.45, 7) is 1.63. The van der Waals surface area contributed by atoms with Gasteiger partial charge in [0.15, 0.2) is 0 Å². The van der Waals surface area contributed by atoms with Crippen molar-refractivity contribution in [3.8, 4) is 5.75 Å². The van der Waals surface area contributed by atoms with Crippen molar-refractivity contribution in [2.45, 2.75) is 19.8 Å². The van der Waals surface area contributed by atoms with E-state index in [0.717, 1.165) is 6.29 Å². The molecule has 0 saturated heterocycles. The highest BCUT2D eigenvalue weighted by Gasteiger charge is 2.06. The van der Waals surface area contributed by atoms with E-state index in [1.165, 1.54) is 12.1 Å². The Morgan fingerprint density at radius 1 is 1.54 bits per heavy atom. The van der Waals surface area contributed by atoms with E-state index in [-0.39, 0.29) is 11.6 Å². The van der Waals surface area contributed by atoms with E-state index < -0.39 is 0 Å². The Labute approximate surface area is 76.0 Å². The smallest absolute Gasteiger partial charge is 0.124 e. The van der Waals surface area contributed by atoms with Gasteiger partial charge < -0.3 is 9.90 Å². The molecule has 0 saturated carbocycles. The minimum absolute atomic E-state index is 0.0863. The molecule has 1 aromatic carbocycles. The molecule has 0 aromatic heterocycles. The molecule has 0 bridgehead atoms. The molecule has 0 radical (unpaired) electrons. The van der Waals surface area contributed by atoms with Crippen molar-refractivity contribution in [2.75, 3.05) is 0 Å². The van der Waals surface area contributed by atoms with E-state index in [0.29, 0.717) is 24.0 Å². The van der Waals surface area contributed by atoms with Crippen LogP contribution in [-0.4, -0.2) is 11.4 Å². The molecule has 3 heteroatoms. The summed E-state index contributed by atoms with van der Waals surface area (Å²) >= 11 is 0. The fourth-order valence-corrected chi connectivity index (χ4v) is 1.21. The molecule has 0 amide bonds. The number of rotatable bonds is 3. The quantitative estimate of drug-likeness (QED) is 0.725. The summed E-state index contributed by atoms with van der Waals surface area (Å²) < 4.78 is 12.8. The topological polar surface area (TPSA) is 37.3 Å². The van der Waals surface area contributed by atoms with Crippen LogP contribution in [0.2, 0.25) is 0 Å². The van der Waals surface area contributed by atoms with Crippen LogP contribution in [-0.2, 0) is 11.2 Å². The van der Waals surface area contributed by atoms with Crippen molar-refractivity contribution < 1.29 is 14.3 Å². The summed E-state index contributed by atoms with van der Waals surface area (Å²) in [5.74, 6) is -0.292. The van der Waals surface area contributed by atoms with Crippen LogP contribution in [0.3, 0.4) is 0 Å². The van der Waals surface area contributed by atoms with Gasteiger partial charge in [0, 0.05) is 6.42 Å². The van der Waals surface area contributed by atoms with Crippen LogP contribution >= 0.6 is 0 Å². The molecule has 0 aliphatic rings. The Hall–Kier alpha value is -1.38. The number of benzene rings is 1. The maximum absolute atomic E-state index is 12.8. The minimum atomic E-state index is -0.379. The molecule has 0 aliphatic heterocycles. The second-order valence-corrected chi connectivity index (χ2v) is 2.94. The van der Waals surface area contributed by atoms with Gasteiger partial charge in [-0.2, -0.15) is 0 Å². The number of phenolic OH excluding ortho intramolecular Hbond substituents is 1. The first-order chi connectivity index (χ1) is 6.15. The lowest BCUT2D eigenvalue weighted by Crippen LogP contribution is -1.91. The van der Waals surface area contributed by atoms with Crippen molar-refractivity contribution in [1.82, 2.24) is 0 Å². The number of hydrogen-bond acceptors (Lipinski definition) is 2. The molecule has 13 heavy (non-hydrogen) atoms. The highest BCUT2D eigenvalue weighted by Crippen LogP contribution is 2.24. The van der Waals surface area contributed by atoms with Crippen molar-refractivity contribution >= 4 is 6.29 Å². The highest BCUT2D eigenvalue weighted by molar-refractivity contribution is 5.51. The number of carbonyl (C=O) groups excluding carboxylic acids is 1. The molecule has 0 spiro atoms. The van der Waals surface area contributed by atoms with Crippen LogP contribution in [0.15, 0.2) is 12.1 Å². The fraction of sp³-hybridized carbons (Fsp3) is 0.300. The largest absolute Gasteiger partial charge is 0.507 e. The summed E-state index contributed by atoms with van der Waals surface area (Å²) in [4.78, 5) is 10.1. The second kappa shape index (κ2) is 4.03. The summed E-state index contributed by atoms with van der Waals surface area (Å²) in [5, 5.41) is 9.47. The van der Waals surface area contributed by atoms with Gasteiger partial charge in [-0.1, -0.05) is 0 Å². The van der Waals surface area contributed by atoms with Crippen molar-refractivity contribution in [2.24, 2.45) is 0 Å². The molecule has 0 heterocycles. The summed E-state index contributed by atoms with van der Waals surface area (Å²) in [5.41, 5.74) is 0.991. The molecule has 0 fully saturated rings. The zero-order chi connectivity index (χ0) is 9.84. The van der Waals surface area contributed by atoms with Crippen LogP contribution < -0.4 is 0 Å². The zero-order valence-electron chi connectivity index (χ0n) is 7.38. The Morgan fingerprint density at radius 3 is 2.85 bits per heavy atom. The standard InChI is InChI=1S/C10H11FO2/c1-7-5-9(11)6-8(10(7)13)3-2-4-12/h4-6,13H,2-3H2,1H3. The lowest BCUT2D eigenvalue weighted by Gasteiger charge is -2.05. The third kappa shape index (κ3) is 2.28. The first-order valence-electron chi connectivity index (χ1n) is 4.06. The summed E-state index contributed by atoms with van der Waals surface area (Å²) in [7, 11) is 0. The number of aldehydes is 1. The zero-order valence-corrected chi connectivity index (χ0v) is 7.38. The molecule has 1 aromatic rings. The van der Waals surface area contributed by atoms with Crippen LogP contribution in [0.5, 0.6) is 5.75 Å². The van der Waals surface area contributed by atoms with E-state index in [2.05, 4.69) is 0 Å².